The van der Waals surface area contributed by atoms with Crippen LogP contribution in [-0.4, -0.2) is 29.4 Å². The van der Waals surface area contributed by atoms with Gasteiger partial charge in [-0.05, 0) is 60.6 Å². The van der Waals surface area contributed by atoms with Crippen molar-refractivity contribution in [1.82, 2.24) is 10.2 Å². The van der Waals surface area contributed by atoms with Gasteiger partial charge < -0.3 is 10.2 Å². The maximum absolute atomic E-state index is 13.0. The van der Waals surface area contributed by atoms with Gasteiger partial charge in [-0.15, -0.1) is 0 Å². The van der Waals surface area contributed by atoms with Crippen molar-refractivity contribution in [1.29, 1.82) is 0 Å². The number of hydrogen-bond acceptors (Lipinski definition) is 2. The molecule has 4 rings (SSSR count). The first-order valence-corrected chi connectivity index (χ1v) is 9.47. The summed E-state index contributed by atoms with van der Waals surface area (Å²) >= 11 is 0. The van der Waals surface area contributed by atoms with E-state index in [2.05, 4.69) is 43.1 Å². The number of benzene rings is 1. The van der Waals surface area contributed by atoms with Crippen molar-refractivity contribution in [3.05, 3.63) is 35.4 Å². The van der Waals surface area contributed by atoms with E-state index in [4.69, 9.17) is 0 Å². The molecule has 1 N–H and O–H groups in total. The third-order valence-electron chi connectivity index (χ3n) is 6.05. The van der Waals surface area contributed by atoms with E-state index < -0.39 is 0 Å². The monoisotopic (exact) mass is 326 g/mol. The summed E-state index contributed by atoms with van der Waals surface area (Å²) in [5, 5.41) is 3.53. The average molecular weight is 326 g/mol. The lowest BCUT2D eigenvalue weighted by Crippen LogP contribution is -2.37. The Kier molecular flexibility index (Phi) is 3.76. The summed E-state index contributed by atoms with van der Waals surface area (Å²) in [5.41, 5.74) is 2.77. The Balaban J connectivity index is 1.45. The second-order valence-corrected chi connectivity index (χ2v) is 9.50. The van der Waals surface area contributed by atoms with E-state index in [1.165, 1.54) is 31.2 Å². The van der Waals surface area contributed by atoms with E-state index >= 15 is 0 Å². The van der Waals surface area contributed by atoms with Crippen LogP contribution in [0.2, 0.25) is 0 Å². The normalized spacial score (nSPS) is 31.3. The third-order valence-corrected chi connectivity index (χ3v) is 6.05. The second kappa shape index (κ2) is 5.59. The minimum absolute atomic E-state index is 0.225. The fourth-order valence-electron chi connectivity index (χ4n) is 5.18. The molecule has 1 heterocycles. The zero-order valence-electron chi connectivity index (χ0n) is 15.3. The number of hydrogen-bond donors (Lipinski definition) is 1. The number of fused-ring (bicyclic) bond motifs is 2. The zero-order valence-corrected chi connectivity index (χ0v) is 15.3. The summed E-state index contributed by atoms with van der Waals surface area (Å²) < 4.78 is 0. The van der Waals surface area contributed by atoms with E-state index in [1.54, 1.807) is 0 Å². The van der Waals surface area contributed by atoms with Gasteiger partial charge in [-0.2, -0.15) is 0 Å². The third kappa shape index (κ3) is 3.23. The minimum Gasteiger partial charge on any atom is -0.335 e. The quantitative estimate of drug-likeness (QED) is 0.908. The van der Waals surface area contributed by atoms with Gasteiger partial charge in [0.05, 0.1) is 0 Å². The summed E-state index contributed by atoms with van der Waals surface area (Å²) in [6, 6.07) is 9.39. The number of rotatable bonds is 4. The Labute approximate surface area is 145 Å². The highest BCUT2D eigenvalue weighted by Crippen LogP contribution is 2.52. The van der Waals surface area contributed by atoms with Crippen LogP contribution in [0.25, 0.3) is 0 Å². The number of nitrogens with zero attached hydrogens (tertiary/aromatic N) is 1. The zero-order chi connectivity index (χ0) is 16.9. The smallest absolute Gasteiger partial charge is 0.254 e. The first-order valence-electron chi connectivity index (χ1n) is 9.47. The van der Waals surface area contributed by atoms with Crippen LogP contribution in [0.1, 0.15) is 68.8 Å². The van der Waals surface area contributed by atoms with Crippen LogP contribution in [0.5, 0.6) is 0 Å². The molecule has 2 atom stereocenters. The molecule has 24 heavy (non-hydrogen) atoms. The van der Waals surface area contributed by atoms with Crippen molar-refractivity contribution in [3.8, 4) is 0 Å². The van der Waals surface area contributed by atoms with Gasteiger partial charge in [0, 0.05) is 30.7 Å². The van der Waals surface area contributed by atoms with Gasteiger partial charge in [0.1, 0.15) is 0 Å². The second-order valence-electron chi connectivity index (χ2n) is 9.50. The fourth-order valence-corrected chi connectivity index (χ4v) is 5.18. The van der Waals surface area contributed by atoms with Gasteiger partial charge in [-0.25, -0.2) is 0 Å². The Morgan fingerprint density at radius 2 is 1.88 bits per heavy atom. The first kappa shape index (κ1) is 16.1. The molecule has 0 radical (unpaired) electrons. The average Bonchev–Trinajstić information content (AvgIpc) is 3.29. The van der Waals surface area contributed by atoms with E-state index in [9.17, 15) is 4.79 Å². The van der Waals surface area contributed by atoms with Gasteiger partial charge in [0.25, 0.3) is 5.91 Å². The van der Waals surface area contributed by atoms with Crippen molar-refractivity contribution in [3.63, 3.8) is 0 Å². The maximum atomic E-state index is 13.0. The number of nitrogens with one attached hydrogen (secondary N) is 1. The molecule has 1 aromatic carbocycles. The Morgan fingerprint density at radius 3 is 2.54 bits per heavy atom. The predicted octanol–water partition coefficient (Wildman–Crippen LogP) is 3.98. The lowest BCUT2D eigenvalue weighted by atomic mass is 9.65. The highest BCUT2D eigenvalue weighted by atomic mass is 16.2. The van der Waals surface area contributed by atoms with Crippen molar-refractivity contribution in [2.45, 2.75) is 71.5 Å². The lowest BCUT2D eigenvalue weighted by Gasteiger charge is -2.39. The van der Waals surface area contributed by atoms with Crippen molar-refractivity contribution < 1.29 is 4.79 Å². The summed E-state index contributed by atoms with van der Waals surface area (Å²) in [6.07, 6.45) is 6.15. The molecular formula is C21H30N2O. The molecule has 3 nitrogen and oxygen atoms in total. The van der Waals surface area contributed by atoms with E-state index in [-0.39, 0.29) is 5.91 Å². The van der Waals surface area contributed by atoms with Gasteiger partial charge >= 0.3 is 0 Å². The van der Waals surface area contributed by atoms with Crippen molar-refractivity contribution in [2.75, 3.05) is 6.54 Å². The highest BCUT2D eigenvalue weighted by molar-refractivity contribution is 5.94. The SMILES string of the molecule is CC1(C)CC2CC(C)(CN2C(=O)c2ccc(CNC3CC3)cc2)C1. The topological polar surface area (TPSA) is 32.3 Å². The molecule has 3 fully saturated rings. The molecule has 1 aromatic rings. The highest BCUT2D eigenvalue weighted by Gasteiger charge is 2.50. The molecule has 1 amide bonds. The Morgan fingerprint density at radius 1 is 1.17 bits per heavy atom. The van der Waals surface area contributed by atoms with E-state index in [0.717, 1.165) is 31.1 Å². The van der Waals surface area contributed by atoms with Gasteiger partial charge in [-0.3, -0.25) is 4.79 Å². The van der Waals surface area contributed by atoms with Gasteiger partial charge in [0.15, 0.2) is 0 Å². The van der Waals surface area contributed by atoms with Gasteiger partial charge in [0.2, 0.25) is 0 Å². The van der Waals surface area contributed by atoms with Gasteiger partial charge in [-0.1, -0.05) is 32.9 Å². The molecule has 1 saturated heterocycles. The summed E-state index contributed by atoms with van der Waals surface area (Å²) in [5.74, 6) is 0.225. The molecular weight excluding hydrogens is 296 g/mol. The molecule has 2 bridgehead atoms. The van der Waals surface area contributed by atoms with Crippen molar-refractivity contribution >= 4 is 5.91 Å². The number of amides is 1. The summed E-state index contributed by atoms with van der Waals surface area (Å²) in [6.45, 7) is 8.91. The largest absolute Gasteiger partial charge is 0.335 e. The molecule has 130 valence electrons. The number of carbonyl (C=O) groups excluding carboxylic acids is 1. The number of carbonyl (C=O) groups is 1. The van der Waals surface area contributed by atoms with Crippen LogP contribution >= 0.6 is 0 Å². The van der Waals surface area contributed by atoms with E-state index in [1.807, 2.05) is 12.1 Å². The minimum atomic E-state index is 0.225. The maximum Gasteiger partial charge on any atom is 0.254 e. The summed E-state index contributed by atoms with van der Waals surface area (Å²) in [7, 11) is 0. The molecule has 2 saturated carbocycles. The molecule has 3 heteroatoms. The molecule has 2 aliphatic carbocycles. The molecule has 1 aliphatic heterocycles. The van der Waals surface area contributed by atoms with Crippen LogP contribution in [0, 0.1) is 10.8 Å². The van der Waals surface area contributed by atoms with Crippen LogP contribution in [0.15, 0.2) is 24.3 Å². The standard InChI is InChI=1S/C21H30N2O/c1-20(2)10-18-11-21(3,13-20)14-23(18)19(24)16-6-4-15(5-7-16)12-22-17-8-9-17/h4-7,17-18,22H,8-14H2,1-3H3. The van der Waals surface area contributed by atoms with E-state index in [0.29, 0.717) is 16.9 Å². The molecule has 2 unspecified atom stereocenters. The number of likely N-dealkylation sites (tertiary alicyclic amines) is 1. The first-order chi connectivity index (χ1) is 11.3. The Bertz CT molecular complexity index is 632. The predicted molar refractivity (Wildman–Crippen MR) is 96.9 cm³/mol. The van der Waals surface area contributed by atoms with Crippen molar-refractivity contribution in [2.24, 2.45) is 10.8 Å². The molecule has 3 aliphatic rings. The van der Waals surface area contributed by atoms with Crippen LogP contribution < -0.4 is 5.32 Å². The van der Waals surface area contributed by atoms with Crippen LogP contribution in [-0.2, 0) is 6.54 Å². The van der Waals surface area contributed by atoms with Crippen LogP contribution in [0.3, 0.4) is 0 Å². The lowest BCUT2D eigenvalue weighted by molar-refractivity contribution is 0.0708. The fraction of sp³-hybridized carbons (Fsp3) is 0.667. The molecule has 0 aromatic heterocycles. The Hall–Kier alpha value is -1.35. The molecule has 0 spiro atoms. The summed E-state index contributed by atoms with van der Waals surface area (Å²) in [4.78, 5) is 15.2. The van der Waals surface area contributed by atoms with Crippen LogP contribution in [0.4, 0.5) is 0 Å².